The second-order valence-corrected chi connectivity index (χ2v) is 31.3. The molecule has 0 aromatic heterocycles. The minimum atomic E-state index is -3.57. The van der Waals surface area contributed by atoms with Gasteiger partial charge in [0.15, 0.2) is 16.6 Å². The van der Waals surface area contributed by atoms with Gasteiger partial charge >= 0.3 is 25.7 Å². The van der Waals surface area contributed by atoms with Crippen molar-refractivity contribution >= 4 is 76.6 Å². The van der Waals surface area contributed by atoms with Crippen molar-refractivity contribution in [3.63, 3.8) is 0 Å². The van der Waals surface area contributed by atoms with Gasteiger partial charge in [-0.15, -0.1) is 0 Å². The van der Waals surface area contributed by atoms with Crippen LogP contribution >= 0.6 is 0 Å². The monoisotopic (exact) mass is 680 g/mol. The highest BCUT2D eigenvalue weighted by atomic mass is 28.5. The molecular formula is C28H44O10Si5. The van der Waals surface area contributed by atoms with E-state index in [2.05, 4.69) is 0 Å². The third-order valence-corrected chi connectivity index (χ3v) is 29.8. The highest BCUT2D eigenvalue weighted by Gasteiger charge is 2.56. The summed E-state index contributed by atoms with van der Waals surface area (Å²) >= 11 is 0. The Labute approximate surface area is 260 Å². The molecule has 0 N–H and O–H groups in total. The van der Waals surface area contributed by atoms with E-state index < -0.39 is 66.2 Å². The van der Waals surface area contributed by atoms with Crippen LogP contribution in [0.2, 0.25) is 50.6 Å². The maximum Gasteiger partial charge on any atom is 0.460 e. The Hall–Kier alpha value is -2.68. The SMILES string of the molecule is CC(=O)O[Si](C)(C[Si](C)(C)O[Si](O[Si](C)(C)C[Si](C)(OC(C)=O)OC(C)=O)(c1ccccc1)c1ccccc1)OC(C)=O. The molecule has 0 atom stereocenters. The lowest BCUT2D eigenvalue weighted by Gasteiger charge is -2.45. The van der Waals surface area contributed by atoms with Crippen LogP contribution in [0.5, 0.6) is 0 Å². The number of hydrogen-bond donors (Lipinski definition) is 0. The van der Waals surface area contributed by atoms with Gasteiger partial charge in [0.1, 0.15) is 0 Å². The Kier molecular flexibility index (Phi) is 12.2. The van der Waals surface area contributed by atoms with Gasteiger partial charge in [-0.25, -0.2) is 0 Å². The van der Waals surface area contributed by atoms with E-state index in [1.54, 1.807) is 13.1 Å². The molecule has 0 aliphatic carbocycles. The van der Waals surface area contributed by atoms with E-state index in [1.165, 1.54) is 27.7 Å². The van der Waals surface area contributed by atoms with Gasteiger partial charge in [0.2, 0.25) is 0 Å². The van der Waals surface area contributed by atoms with Gasteiger partial charge in [-0.1, -0.05) is 60.7 Å². The maximum absolute atomic E-state index is 12.0. The van der Waals surface area contributed by atoms with E-state index in [0.29, 0.717) is 0 Å². The maximum atomic E-state index is 12.0. The van der Waals surface area contributed by atoms with Gasteiger partial charge in [0, 0.05) is 52.1 Å². The zero-order valence-corrected chi connectivity index (χ0v) is 31.8. The van der Waals surface area contributed by atoms with E-state index >= 15 is 0 Å². The molecule has 236 valence electrons. The first-order chi connectivity index (χ1) is 19.7. The molecule has 10 nitrogen and oxygen atoms in total. The minimum Gasteiger partial charge on any atom is -0.485 e. The molecule has 0 bridgehead atoms. The van der Waals surface area contributed by atoms with Crippen LogP contribution in [0, 0.1) is 0 Å². The zero-order chi connectivity index (χ0) is 32.7. The molecule has 0 heterocycles. The van der Waals surface area contributed by atoms with Gasteiger partial charge in [0.25, 0.3) is 23.9 Å². The molecule has 0 aliphatic heterocycles. The molecule has 2 aromatic carbocycles. The smallest absolute Gasteiger partial charge is 0.460 e. The number of benzene rings is 2. The topological polar surface area (TPSA) is 124 Å². The fraction of sp³-hybridized carbons (Fsp3) is 0.429. The van der Waals surface area contributed by atoms with Crippen molar-refractivity contribution < 1.29 is 45.1 Å². The summed E-state index contributed by atoms with van der Waals surface area (Å²) in [6.45, 7) is 16.5. The Morgan fingerprint density at radius 1 is 0.488 bits per heavy atom. The first kappa shape index (κ1) is 36.5. The predicted octanol–water partition coefficient (Wildman–Crippen LogP) is 4.16. The van der Waals surface area contributed by atoms with Crippen molar-refractivity contribution in [1.29, 1.82) is 0 Å². The second-order valence-electron chi connectivity index (χ2n) is 12.1. The number of hydrogen-bond acceptors (Lipinski definition) is 10. The van der Waals surface area contributed by atoms with Crippen LogP contribution in [-0.2, 0) is 45.1 Å². The molecule has 0 aliphatic rings. The van der Waals surface area contributed by atoms with Crippen molar-refractivity contribution in [2.45, 2.75) is 78.3 Å². The minimum absolute atomic E-state index is 0.270. The molecule has 43 heavy (non-hydrogen) atoms. The van der Waals surface area contributed by atoms with Crippen molar-refractivity contribution in [3.8, 4) is 0 Å². The van der Waals surface area contributed by atoms with E-state index in [0.717, 1.165) is 10.4 Å². The largest absolute Gasteiger partial charge is 0.485 e. The Morgan fingerprint density at radius 2 is 0.744 bits per heavy atom. The summed E-state index contributed by atoms with van der Waals surface area (Å²) in [5.74, 6) is -2.11. The van der Waals surface area contributed by atoms with Crippen LogP contribution in [0.25, 0.3) is 0 Å². The molecule has 0 spiro atoms. The average molecular weight is 681 g/mol. The van der Waals surface area contributed by atoms with E-state index in [1.807, 2.05) is 86.9 Å². The highest BCUT2D eigenvalue weighted by Crippen LogP contribution is 2.31. The zero-order valence-electron chi connectivity index (χ0n) is 26.8. The molecule has 2 rings (SSSR count). The molecule has 0 amide bonds. The second kappa shape index (κ2) is 14.4. The molecule has 0 saturated heterocycles. The van der Waals surface area contributed by atoms with Gasteiger partial charge < -0.3 is 25.9 Å². The van der Waals surface area contributed by atoms with Gasteiger partial charge in [0.05, 0.1) is 0 Å². The van der Waals surface area contributed by atoms with E-state index in [-0.39, 0.29) is 11.3 Å². The summed E-state index contributed by atoms with van der Waals surface area (Å²) in [6, 6.07) is 19.4. The molecule has 0 radical (unpaired) electrons. The third-order valence-electron chi connectivity index (χ3n) is 6.08. The van der Waals surface area contributed by atoms with Gasteiger partial charge in [-0.2, -0.15) is 0 Å². The van der Waals surface area contributed by atoms with Crippen molar-refractivity contribution in [1.82, 2.24) is 0 Å². The highest BCUT2D eigenvalue weighted by molar-refractivity contribution is 7.05. The predicted molar refractivity (Wildman–Crippen MR) is 175 cm³/mol. The fourth-order valence-corrected chi connectivity index (χ4v) is 33.7. The van der Waals surface area contributed by atoms with Gasteiger partial charge in [-0.05, 0) is 36.6 Å². The Bertz CT molecular complexity index is 1160. The summed E-state index contributed by atoms with van der Waals surface area (Å²) in [5, 5.41) is 1.71. The molecule has 0 saturated carbocycles. The van der Waals surface area contributed by atoms with Crippen LogP contribution in [0.1, 0.15) is 27.7 Å². The average Bonchev–Trinajstić information content (AvgIpc) is 2.80. The van der Waals surface area contributed by atoms with Crippen LogP contribution in [0.4, 0.5) is 0 Å². The van der Waals surface area contributed by atoms with Crippen molar-refractivity contribution in [3.05, 3.63) is 60.7 Å². The molecule has 2 aromatic rings. The molecule has 0 unspecified atom stereocenters. The number of rotatable bonds is 14. The summed E-state index contributed by atoms with van der Waals surface area (Å²) in [7, 11) is -16.0. The third kappa shape index (κ3) is 11.4. The molecular weight excluding hydrogens is 637 g/mol. The first-order valence-electron chi connectivity index (χ1n) is 14.0. The van der Waals surface area contributed by atoms with Crippen molar-refractivity contribution in [2.24, 2.45) is 0 Å². The van der Waals surface area contributed by atoms with Crippen LogP contribution in [0.15, 0.2) is 60.7 Å². The lowest BCUT2D eigenvalue weighted by molar-refractivity contribution is -0.140. The molecule has 0 fully saturated rings. The first-order valence-corrected chi connectivity index (χ1v) is 27.1. The lowest BCUT2D eigenvalue weighted by atomic mass is 10.4. The summed E-state index contributed by atoms with van der Waals surface area (Å²) in [5.41, 5.74) is 0.540. The summed E-state index contributed by atoms with van der Waals surface area (Å²) < 4.78 is 37.2. The van der Waals surface area contributed by atoms with E-state index in [4.69, 9.17) is 25.9 Å². The van der Waals surface area contributed by atoms with Crippen LogP contribution in [0.3, 0.4) is 0 Å². The summed E-state index contributed by atoms with van der Waals surface area (Å²) in [6.07, 6.45) is 0. The fourth-order valence-electron chi connectivity index (χ4n) is 5.54. The standard InChI is InChI=1S/C28H44O10Si5/c1-23(29)33-41(9,34-24(2)30)21-39(5,6)37-43(27-17-13-11-14-18-27,28-19-15-12-16-20-28)38-40(7,8)22-42(10,35-25(3)31)36-26(4)32/h11-20H,21-22H2,1-10H3. The molecule has 15 heteroatoms. The quantitative estimate of drug-likeness (QED) is 0.269. The normalized spacial score (nSPS) is 12.7. The lowest BCUT2D eigenvalue weighted by Crippen LogP contribution is -2.71. The number of carbonyl (C=O) groups is 4. The van der Waals surface area contributed by atoms with Crippen LogP contribution < -0.4 is 10.4 Å². The Morgan fingerprint density at radius 3 is 0.977 bits per heavy atom. The van der Waals surface area contributed by atoms with Crippen LogP contribution in [-0.4, -0.2) is 66.2 Å². The Balaban J connectivity index is 2.73. The summed E-state index contributed by atoms with van der Waals surface area (Å²) in [4.78, 5) is 48.2. The number of carbonyl (C=O) groups excluding carboxylic acids is 4. The van der Waals surface area contributed by atoms with E-state index in [9.17, 15) is 19.2 Å². The van der Waals surface area contributed by atoms with Gasteiger partial charge in [-0.3, -0.25) is 19.2 Å². The van der Waals surface area contributed by atoms with Crippen molar-refractivity contribution in [2.75, 3.05) is 0 Å².